The van der Waals surface area contributed by atoms with Crippen molar-refractivity contribution in [1.82, 2.24) is 15.5 Å². The number of benzene rings is 2. The Hall–Kier alpha value is -2.91. The molecule has 7 nitrogen and oxygen atoms in total. The fourth-order valence-corrected chi connectivity index (χ4v) is 4.39. The van der Waals surface area contributed by atoms with Crippen molar-refractivity contribution in [3.05, 3.63) is 65.2 Å². The minimum Gasteiger partial charge on any atom is -0.467 e. The van der Waals surface area contributed by atoms with Crippen LogP contribution in [0.15, 0.2) is 52.9 Å². The first-order valence-electron chi connectivity index (χ1n) is 9.66. The number of nitrogens with one attached hydrogen (secondary N) is 2. The summed E-state index contributed by atoms with van der Waals surface area (Å²) in [5.41, 5.74) is 4.30. The Bertz CT molecular complexity index is 1040. The molecule has 0 bridgehead atoms. The van der Waals surface area contributed by atoms with E-state index in [-0.39, 0.29) is 11.7 Å². The van der Waals surface area contributed by atoms with Gasteiger partial charge in [-0.05, 0) is 42.7 Å². The van der Waals surface area contributed by atoms with E-state index in [1.54, 1.807) is 0 Å². The van der Waals surface area contributed by atoms with Gasteiger partial charge in [0.15, 0.2) is 4.34 Å². The zero-order valence-corrected chi connectivity index (χ0v) is 19.2. The molecule has 0 aliphatic rings. The van der Waals surface area contributed by atoms with Gasteiger partial charge in [-0.25, -0.2) is 4.79 Å². The standard InChI is InChI=1S/C22H24N4O3S2/c1-14-9-10-17(11-15(14)2)23-21-25-26-22(31-21)30-13-19(27)24-18(20(28)29-3)12-16-7-5-4-6-8-16/h4-11,18H,12-13H2,1-3H3,(H,23,25)(H,24,27). The van der Waals surface area contributed by atoms with Crippen LogP contribution in [0.1, 0.15) is 16.7 Å². The van der Waals surface area contributed by atoms with Gasteiger partial charge in [0, 0.05) is 12.1 Å². The molecular formula is C22H24N4O3S2. The Balaban J connectivity index is 1.53. The van der Waals surface area contributed by atoms with Gasteiger partial charge < -0.3 is 15.4 Å². The third kappa shape index (κ3) is 6.80. The number of hydrogen-bond acceptors (Lipinski definition) is 8. The molecule has 31 heavy (non-hydrogen) atoms. The van der Waals surface area contributed by atoms with Crippen molar-refractivity contribution in [1.29, 1.82) is 0 Å². The Morgan fingerprint density at radius 2 is 1.87 bits per heavy atom. The van der Waals surface area contributed by atoms with Crippen LogP contribution in [-0.4, -0.2) is 41.0 Å². The number of rotatable bonds is 9. The van der Waals surface area contributed by atoms with Gasteiger partial charge in [-0.1, -0.05) is 59.5 Å². The van der Waals surface area contributed by atoms with Crippen molar-refractivity contribution in [3.63, 3.8) is 0 Å². The Morgan fingerprint density at radius 3 is 2.58 bits per heavy atom. The molecule has 2 aromatic carbocycles. The molecule has 0 saturated carbocycles. The lowest BCUT2D eigenvalue weighted by Crippen LogP contribution is -2.43. The van der Waals surface area contributed by atoms with Crippen LogP contribution in [0.4, 0.5) is 10.8 Å². The molecule has 9 heteroatoms. The highest BCUT2D eigenvalue weighted by Gasteiger charge is 2.22. The maximum absolute atomic E-state index is 12.4. The van der Waals surface area contributed by atoms with Crippen molar-refractivity contribution in [2.24, 2.45) is 0 Å². The largest absolute Gasteiger partial charge is 0.467 e. The van der Waals surface area contributed by atoms with Crippen molar-refractivity contribution in [3.8, 4) is 0 Å². The topological polar surface area (TPSA) is 93.2 Å². The van der Waals surface area contributed by atoms with E-state index in [9.17, 15) is 9.59 Å². The summed E-state index contributed by atoms with van der Waals surface area (Å²) in [5.74, 6) is -0.617. The van der Waals surface area contributed by atoms with Crippen molar-refractivity contribution in [2.45, 2.75) is 30.6 Å². The summed E-state index contributed by atoms with van der Waals surface area (Å²) in [7, 11) is 1.31. The van der Waals surface area contributed by atoms with Crippen LogP contribution in [0.5, 0.6) is 0 Å². The van der Waals surface area contributed by atoms with Crippen LogP contribution in [0, 0.1) is 13.8 Å². The number of nitrogens with zero attached hydrogens (tertiary/aromatic N) is 2. The molecule has 162 valence electrons. The molecular weight excluding hydrogens is 432 g/mol. The van der Waals surface area contributed by atoms with E-state index in [2.05, 4.69) is 40.7 Å². The van der Waals surface area contributed by atoms with Crippen LogP contribution >= 0.6 is 23.1 Å². The highest BCUT2D eigenvalue weighted by Crippen LogP contribution is 2.28. The summed E-state index contributed by atoms with van der Waals surface area (Å²) in [6.07, 6.45) is 0.368. The van der Waals surface area contributed by atoms with Gasteiger partial charge in [-0.2, -0.15) is 0 Å². The molecule has 0 aliphatic carbocycles. The van der Waals surface area contributed by atoms with Gasteiger partial charge in [0.2, 0.25) is 11.0 Å². The first-order chi connectivity index (χ1) is 14.9. The van der Waals surface area contributed by atoms with Gasteiger partial charge in [-0.3, -0.25) is 4.79 Å². The average Bonchev–Trinajstić information content (AvgIpc) is 3.22. The number of aryl methyl sites for hydroxylation is 2. The molecule has 0 spiro atoms. The number of thioether (sulfide) groups is 1. The highest BCUT2D eigenvalue weighted by molar-refractivity contribution is 8.01. The number of anilines is 2. The van der Waals surface area contributed by atoms with Crippen molar-refractivity contribution in [2.75, 3.05) is 18.2 Å². The number of carbonyl (C=O) groups excluding carboxylic acids is 2. The van der Waals surface area contributed by atoms with Crippen LogP contribution in [0.3, 0.4) is 0 Å². The molecule has 1 unspecified atom stereocenters. The smallest absolute Gasteiger partial charge is 0.328 e. The summed E-state index contributed by atoms with van der Waals surface area (Å²) in [6.45, 7) is 4.12. The van der Waals surface area contributed by atoms with Gasteiger partial charge in [-0.15, -0.1) is 10.2 Å². The minimum atomic E-state index is -0.739. The summed E-state index contributed by atoms with van der Waals surface area (Å²) in [5, 5.41) is 14.9. The zero-order valence-electron chi connectivity index (χ0n) is 17.5. The molecule has 0 fully saturated rings. The summed E-state index contributed by atoms with van der Waals surface area (Å²) < 4.78 is 5.50. The number of aromatic nitrogens is 2. The molecule has 1 aromatic heterocycles. The quantitative estimate of drug-likeness (QED) is 0.373. The van der Waals surface area contributed by atoms with Gasteiger partial charge in [0.05, 0.1) is 12.9 Å². The second-order valence-electron chi connectivity index (χ2n) is 6.92. The first kappa shape index (κ1) is 22.8. The Morgan fingerprint density at radius 1 is 1.10 bits per heavy atom. The first-order valence-corrected chi connectivity index (χ1v) is 11.5. The third-order valence-corrected chi connectivity index (χ3v) is 6.57. The number of carbonyl (C=O) groups is 2. The molecule has 0 radical (unpaired) electrons. The number of amides is 1. The minimum absolute atomic E-state index is 0.126. The predicted molar refractivity (Wildman–Crippen MR) is 124 cm³/mol. The van der Waals surface area contributed by atoms with Crippen LogP contribution in [-0.2, 0) is 20.7 Å². The van der Waals surface area contributed by atoms with E-state index in [1.807, 2.05) is 42.5 Å². The second kappa shape index (κ2) is 10.9. The van der Waals surface area contributed by atoms with E-state index in [1.165, 1.54) is 41.3 Å². The van der Waals surface area contributed by atoms with Gasteiger partial charge in [0.25, 0.3) is 0 Å². The maximum atomic E-state index is 12.4. The van der Waals surface area contributed by atoms with Crippen molar-refractivity contribution >= 4 is 45.8 Å². The third-order valence-electron chi connectivity index (χ3n) is 4.59. The van der Waals surface area contributed by atoms with Crippen molar-refractivity contribution < 1.29 is 14.3 Å². The maximum Gasteiger partial charge on any atom is 0.328 e. The molecule has 3 rings (SSSR count). The SMILES string of the molecule is COC(=O)C(Cc1ccccc1)NC(=O)CSc1nnc(Nc2ccc(C)c(C)c2)s1. The van der Waals surface area contributed by atoms with E-state index >= 15 is 0 Å². The van der Waals surface area contributed by atoms with Crippen LogP contribution in [0.25, 0.3) is 0 Å². The number of ether oxygens (including phenoxy) is 1. The van der Waals surface area contributed by atoms with Gasteiger partial charge in [0.1, 0.15) is 6.04 Å². The van der Waals surface area contributed by atoms with Crippen LogP contribution in [0.2, 0.25) is 0 Å². The lowest BCUT2D eigenvalue weighted by Gasteiger charge is -2.16. The molecule has 0 aliphatic heterocycles. The molecule has 2 N–H and O–H groups in total. The van der Waals surface area contributed by atoms with E-state index in [0.29, 0.717) is 15.9 Å². The summed E-state index contributed by atoms with van der Waals surface area (Å²) >= 11 is 2.64. The average molecular weight is 457 g/mol. The monoisotopic (exact) mass is 456 g/mol. The summed E-state index contributed by atoms with van der Waals surface area (Å²) in [6, 6.07) is 14.8. The lowest BCUT2D eigenvalue weighted by atomic mass is 10.1. The van der Waals surface area contributed by atoms with Crippen LogP contribution < -0.4 is 10.6 Å². The predicted octanol–water partition coefficient (Wildman–Crippen LogP) is 3.89. The fourth-order valence-electron chi connectivity index (χ4n) is 2.81. The van der Waals surface area contributed by atoms with E-state index < -0.39 is 12.0 Å². The summed E-state index contributed by atoms with van der Waals surface area (Å²) in [4.78, 5) is 24.5. The van der Waals surface area contributed by atoms with E-state index in [4.69, 9.17) is 4.74 Å². The molecule has 1 heterocycles. The lowest BCUT2D eigenvalue weighted by molar-refractivity contribution is -0.144. The molecule has 1 amide bonds. The Kier molecular flexibility index (Phi) is 8.02. The number of methoxy groups -OCH3 is 1. The Labute approximate surface area is 189 Å². The molecule has 3 aromatic rings. The number of esters is 1. The fraction of sp³-hybridized carbons (Fsp3) is 0.273. The molecule has 0 saturated heterocycles. The molecule has 1 atom stereocenters. The van der Waals surface area contributed by atoms with Gasteiger partial charge >= 0.3 is 5.97 Å². The highest BCUT2D eigenvalue weighted by atomic mass is 32.2. The number of hydrogen-bond donors (Lipinski definition) is 2. The normalized spacial score (nSPS) is 11.6. The van der Waals surface area contributed by atoms with E-state index in [0.717, 1.165) is 11.3 Å². The zero-order chi connectivity index (χ0) is 22.2. The second-order valence-corrected chi connectivity index (χ2v) is 9.12.